The Morgan fingerprint density at radius 3 is 2.68 bits per heavy atom. The Kier molecular flexibility index (Phi) is 3.19. The molecule has 1 aromatic heterocycles. The van der Waals surface area contributed by atoms with Crippen LogP contribution in [0.25, 0.3) is 0 Å². The van der Waals surface area contributed by atoms with E-state index in [0.717, 1.165) is 6.07 Å². The number of hydrogen-bond donors (Lipinski definition) is 2. The standard InChI is InChI=1S/C10H8F3N5O/c1-5-2-3-6(4-7(5)10(11,12)13)14-9(19)8-15-17-18-16-8/h2-4H,1H3,(H,14,19)(H,15,16,17,18). The number of amides is 1. The Labute approximate surface area is 105 Å². The van der Waals surface area contributed by atoms with Gasteiger partial charge in [0.15, 0.2) is 0 Å². The topological polar surface area (TPSA) is 83.6 Å². The monoisotopic (exact) mass is 271 g/mol. The summed E-state index contributed by atoms with van der Waals surface area (Å²) in [5.41, 5.74) is -0.726. The number of H-pyrrole nitrogens is 1. The van der Waals surface area contributed by atoms with Crippen LogP contribution in [-0.4, -0.2) is 26.5 Å². The zero-order valence-electron chi connectivity index (χ0n) is 9.62. The van der Waals surface area contributed by atoms with Crippen LogP contribution >= 0.6 is 0 Å². The Bertz CT molecular complexity index is 594. The number of hydrogen-bond acceptors (Lipinski definition) is 4. The lowest BCUT2D eigenvalue weighted by Gasteiger charge is -2.12. The second-order valence-electron chi connectivity index (χ2n) is 3.72. The molecular formula is C10H8F3N5O. The predicted molar refractivity (Wildman–Crippen MR) is 58.3 cm³/mol. The number of nitrogens with one attached hydrogen (secondary N) is 2. The molecule has 6 nitrogen and oxygen atoms in total. The average Bonchev–Trinajstić information content (AvgIpc) is 2.83. The lowest BCUT2D eigenvalue weighted by molar-refractivity contribution is -0.138. The van der Waals surface area contributed by atoms with Crippen molar-refractivity contribution in [3.8, 4) is 0 Å². The highest BCUT2D eigenvalue weighted by atomic mass is 19.4. The first-order valence-corrected chi connectivity index (χ1v) is 5.10. The third kappa shape index (κ3) is 2.87. The molecule has 100 valence electrons. The second kappa shape index (κ2) is 4.67. The van der Waals surface area contributed by atoms with Crippen LogP contribution in [0.1, 0.15) is 21.7 Å². The number of aromatic amines is 1. The summed E-state index contributed by atoms with van der Waals surface area (Å²) in [5.74, 6) is -1.00. The van der Waals surface area contributed by atoms with Crippen molar-refractivity contribution in [1.82, 2.24) is 20.6 Å². The number of carbonyl (C=O) groups is 1. The van der Waals surface area contributed by atoms with Gasteiger partial charge in [-0.25, -0.2) is 0 Å². The van der Waals surface area contributed by atoms with Crippen molar-refractivity contribution in [2.24, 2.45) is 0 Å². The molecule has 0 atom stereocenters. The number of carbonyl (C=O) groups excluding carboxylic acids is 1. The zero-order valence-corrected chi connectivity index (χ0v) is 9.62. The summed E-state index contributed by atoms with van der Waals surface area (Å²) in [6.07, 6.45) is -4.48. The Morgan fingerprint density at radius 2 is 2.11 bits per heavy atom. The van der Waals surface area contributed by atoms with Gasteiger partial charge in [-0.05, 0) is 29.8 Å². The lowest BCUT2D eigenvalue weighted by Crippen LogP contribution is -2.15. The molecule has 0 aliphatic rings. The van der Waals surface area contributed by atoms with Gasteiger partial charge in [-0.15, -0.1) is 10.2 Å². The van der Waals surface area contributed by atoms with Gasteiger partial charge in [0, 0.05) is 5.69 Å². The second-order valence-corrected chi connectivity index (χ2v) is 3.72. The average molecular weight is 271 g/mol. The number of rotatable bonds is 2. The molecule has 0 fully saturated rings. The van der Waals surface area contributed by atoms with Crippen molar-refractivity contribution in [2.75, 3.05) is 5.32 Å². The van der Waals surface area contributed by atoms with Crippen molar-refractivity contribution in [3.05, 3.63) is 35.2 Å². The minimum atomic E-state index is -4.48. The van der Waals surface area contributed by atoms with E-state index in [0.29, 0.717) is 0 Å². The number of anilines is 1. The van der Waals surface area contributed by atoms with Gasteiger partial charge in [0.1, 0.15) is 0 Å². The fraction of sp³-hybridized carbons (Fsp3) is 0.200. The van der Waals surface area contributed by atoms with E-state index in [1.807, 2.05) is 0 Å². The molecule has 0 radical (unpaired) electrons. The summed E-state index contributed by atoms with van der Waals surface area (Å²) in [6.45, 7) is 1.34. The van der Waals surface area contributed by atoms with Crippen LogP contribution in [0, 0.1) is 6.92 Å². The van der Waals surface area contributed by atoms with Gasteiger partial charge in [0.2, 0.25) is 0 Å². The van der Waals surface area contributed by atoms with E-state index < -0.39 is 17.6 Å². The number of tetrazole rings is 1. The summed E-state index contributed by atoms with van der Waals surface area (Å²) >= 11 is 0. The van der Waals surface area contributed by atoms with E-state index in [4.69, 9.17) is 0 Å². The molecule has 0 unspecified atom stereocenters. The van der Waals surface area contributed by atoms with Crippen LogP contribution in [-0.2, 0) is 6.18 Å². The third-order valence-electron chi connectivity index (χ3n) is 2.35. The van der Waals surface area contributed by atoms with Crippen LogP contribution < -0.4 is 5.32 Å². The highest BCUT2D eigenvalue weighted by molar-refractivity contribution is 6.01. The summed E-state index contributed by atoms with van der Waals surface area (Å²) in [6, 6.07) is 3.49. The third-order valence-corrected chi connectivity index (χ3v) is 2.35. The maximum Gasteiger partial charge on any atom is 0.416 e. The first kappa shape index (κ1) is 13.0. The minimum Gasteiger partial charge on any atom is -0.319 e. The lowest BCUT2D eigenvalue weighted by atomic mass is 10.1. The molecule has 2 N–H and O–H groups in total. The minimum absolute atomic E-state index is 0.00715. The van der Waals surface area contributed by atoms with E-state index in [-0.39, 0.29) is 17.1 Å². The summed E-state index contributed by atoms with van der Waals surface area (Å²) in [4.78, 5) is 11.5. The summed E-state index contributed by atoms with van der Waals surface area (Å²) in [7, 11) is 0. The van der Waals surface area contributed by atoms with E-state index >= 15 is 0 Å². The molecule has 0 saturated heterocycles. The van der Waals surface area contributed by atoms with Crippen molar-refractivity contribution >= 4 is 11.6 Å². The molecule has 0 aliphatic carbocycles. The van der Waals surface area contributed by atoms with E-state index in [1.54, 1.807) is 0 Å². The van der Waals surface area contributed by atoms with Gasteiger partial charge < -0.3 is 5.32 Å². The van der Waals surface area contributed by atoms with E-state index in [2.05, 4.69) is 25.9 Å². The molecule has 0 aliphatic heterocycles. The van der Waals surface area contributed by atoms with Crippen molar-refractivity contribution < 1.29 is 18.0 Å². The smallest absolute Gasteiger partial charge is 0.319 e. The van der Waals surface area contributed by atoms with E-state index in [1.165, 1.54) is 19.1 Å². The number of benzene rings is 1. The molecule has 19 heavy (non-hydrogen) atoms. The molecule has 0 bridgehead atoms. The van der Waals surface area contributed by atoms with Gasteiger partial charge in [-0.3, -0.25) is 4.79 Å². The van der Waals surface area contributed by atoms with Gasteiger partial charge in [-0.1, -0.05) is 6.07 Å². The zero-order chi connectivity index (χ0) is 14.0. The largest absolute Gasteiger partial charge is 0.416 e. The van der Waals surface area contributed by atoms with E-state index in [9.17, 15) is 18.0 Å². The number of nitrogens with zero attached hydrogens (tertiary/aromatic N) is 3. The Balaban J connectivity index is 2.25. The summed E-state index contributed by atoms with van der Waals surface area (Å²) in [5, 5.41) is 14.3. The first-order chi connectivity index (χ1) is 8.88. The van der Waals surface area contributed by atoms with Crippen LogP contribution in [0.2, 0.25) is 0 Å². The maximum atomic E-state index is 12.7. The number of alkyl halides is 3. The molecule has 1 aromatic carbocycles. The SMILES string of the molecule is Cc1ccc(NC(=O)c2nn[nH]n2)cc1C(F)(F)F. The summed E-state index contributed by atoms with van der Waals surface area (Å²) < 4.78 is 38.1. The first-order valence-electron chi connectivity index (χ1n) is 5.10. The van der Waals surface area contributed by atoms with Gasteiger partial charge in [0.05, 0.1) is 5.56 Å². The van der Waals surface area contributed by atoms with Crippen LogP contribution in [0.5, 0.6) is 0 Å². The van der Waals surface area contributed by atoms with Crippen LogP contribution in [0.3, 0.4) is 0 Å². The normalized spacial score (nSPS) is 11.4. The highest BCUT2D eigenvalue weighted by Crippen LogP contribution is 2.33. The molecule has 0 saturated carbocycles. The fourth-order valence-corrected chi connectivity index (χ4v) is 1.45. The van der Waals surface area contributed by atoms with Crippen LogP contribution in [0.4, 0.5) is 18.9 Å². The Hall–Kier alpha value is -2.45. The maximum absolute atomic E-state index is 12.7. The number of halogens is 3. The molecule has 1 amide bonds. The molecule has 1 heterocycles. The molecule has 0 spiro atoms. The fourth-order valence-electron chi connectivity index (χ4n) is 1.45. The van der Waals surface area contributed by atoms with Gasteiger partial charge in [-0.2, -0.15) is 18.4 Å². The van der Waals surface area contributed by atoms with Crippen molar-refractivity contribution in [1.29, 1.82) is 0 Å². The molecular weight excluding hydrogens is 263 g/mol. The van der Waals surface area contributed by atoms with Gasteiger partial charge in [0.25, 0.3) is 11.7 Å². The molecule has 2 aromatic rings. The highest BCUT2D eigenvalue weighted by Gasteiger charge is 2.32. The van der Waals surface area contributed by atoms with Crippen LogP contribution in [0.15, 0.2) is 18.2 Å². The van der Waals surface area contributed by atoms with Crippen molar-refractivity contribution in [3.63, 3.8) is 0 Å². The number of aryl methyl sites for hydroxylation is 1. The molecule has 2 rings (SSSR count). The molecule has 9 heteroatoms. The Morgan fingerprint density at radius 1 is 1.37 bits per heavy atom. The van der Waals surface area contributed by atoms with Crippen molar-refractivity contribution in [2.45, 2.75) is 13.1 Å². The quantitative estimate of drug-likeness (QED) is 0.872. The number of aromatic nitrogens is 4. The van der Waals surface area contributed by atoms with Gasteiger partial charge >= 0.3 is 6.18 Å². The predicted octanol–water partition coefficient (Wildman–Crippen LogP) is 1.78.